The van der Waals surface area contributed by atoms with Crippen LogP contribution in [0.5, 0.6) is 0 Å². The lowest BCUT2D eigenvalue weighted by Crippen LogP contribution is -2.05. The van der Waals surface area contributed by atoms with E-state index < -0.39 is 0 Å². The maximum Gasteiger partial charge on any atom is 0.163 e. The fraction of sp³-hybridized carbons (Fsp3) is 0.720. The Kier molecular flexibility index (Phi) is 12.4. The van der Waals surface area contributed by atoms with Gasteiger partial charge >= 0.3 is 0 Å². The number of ketones is 1. The van der Waals surface area contributed by atoms with Gasteiger partial charge in [-0.3, -0.25) is 4.79 Å². The summed E-state index contributed by atoms with van der Waals surface area (Å²) in [5, 5.41) is 0. The maximum absolute atomic E-state index is 12.5. The van der Waals surface area contributed by atoms with E-state index in [1.165, 1.54) is 82.6 Å². The van der Waals surface area contributed by atoms with Crippen molar-refractivity contribution in [2.24, 2.45) is 0 Å². The molecule has 0 amide bonds. The lowest BCUT2D eigenvalue weighted by Gasteiger charge is -2.10. The first-order valence-electron chi connectivity index (χ1n) is 11.2. The second-order valence-corrected chi connectivity index (χ2v) is 8.19. The Morgan fingerprint density at radius 1 is 0.654 bits per heavy atom. The summed E-state index contributed by atoms with van der Waals surface area (Å²) < 4.78 is 0. The van der Waals surface area contributed by atoms with Gasteiger partial charge in [-0.1, -0.05) is 102 Å². The molecule has 0 saturated heterocycles. The van der Waals surface area contributed by atoms with Crippen molar-refractivity contribution in [3.63, 3.8) is 0 Å². The third kappa shape index (κ3) is 9.55. The average molecular weight is 359 g/mol. The minimum atomic E-state index is 0.336. The SMILES string of the molecule is CCCCCCCCCCCCCCCC(=O)c1c(C)cc(C)cc1C. The molecule has 0 bridgehead atoms. The molecule has 0 unspecified atom stereocenters. The summed E-state index contributed by atoms with van der Waals surface area (Å²) in [5.74, 6) is 0.336. The van der Waals surface area contributed by atoms with Crippen molar-refractivity contribution < 1.29 is 4.79 Å². The third-order valence-electron chi connectivity index (χ3n) is 5.46. The van der Waals surface area contributed by atoms with E-state index in [0.29, 0.717) is 12.2 Å². The zero-order valence-electron chi connectivity index (χ0n) is 18.0. The van der Waals surface area contributed by atoms with Crippen LogP contribution >= 0.6 is 0 Å². The predicted octanol–water partition coefficient (Wildman–Crippen LogP) is 8.28. The van der Waals surface area contributed by atoms with Gasteiger partial charge in [-0.25, -0.2) is 0 Å². The second-order valence-electron chi connectivity index (χ2n) is 8.19. The van der Waals surface area contributed by atoms with Crippen molar-refractivity contribution in [1.29, 1.82) is 0 Å². The Balaban J connectivity index is 2.02. The molecule has 26 heavy (non-hydrogen) atoms. The van der Waals surface area contributed by atoms with Gasteiger partial charge in [0.15, 0.2) is 5.78 Å². The van der Waals surface area contributed by atoms with E-state index in [2.05, 4.69) is 39.8 Å². The summed E-state index contributed by atoms with van der Waals surface area (Å²) in [6, 6.07) is 4.26. The molecule has 1 aromatic carbocycles. The molecule has 0 heterocycles. The largest absolute Gasteiger partial charge is 0.294 e. The molecule has 0 aliphatic carbocycles. The summed E-state index contributed by atoms with van der Waals surface area (Å²) in [7, 11) is 0. The second kappa shape index (κ2) is 14.0. The van der Waals surface area contributed by atoms with Crippen molar-refractivity contribution in [3.8, 4) is 0 Å². The van der Waals surface area contributed by atoms with Gasteiger partial charge in [-0.05, 0) is 38.3 Å². The van der Waals surface area contributed by atoms with E-state index in [1.807, 2.05) is 0 Å². The van der Waals surface area contributed by atoms with E-state index in [9.17, 15) is 4.79 Å². The molecule has 0 atom stereocenters. The van der Waals surface area contributed by atoms with Crippen molar-refractivity contribution in [3.05, 3.63) is 34.4 Å². The van der Waals surface area contributed by atoms with Crippen molar-refractivity contribution in [2.45, 2.75) is 118 Å². The maximum atomic E-state index is 12.5. The first-order chi connectivity index (χ1) is 12.6. The summed E-state index contributed by atoms with van der Waals surface area (Å²) in [6.07, 6.45) is 18.2. The molecule has 0 radical (unpaired) electrons. The van der Waals surface area contributed by atoms with Gasteiger partial charge in [-0.15, -0.1) is 0 Å². The first-order valence-corrected chi connectivity index (χ1v) is 11.2. The topological polar surface area (TPSA) is 17.1 Å². The number of hydrogen-bond donors (Lipinski definition) is 0. The highest BCUT2D eigenvalue weighted by molar-refractivity contribution is 5.98. The fourth-order valence-electron chi connectivity index (χ4n) is 4.05. The van der Waals surface area contributed by atoms with Gasteiger partial charge in [-0.2, -0.15) is 0 Å². The Morgan fingerprint density at radius 3 is 1.46 bits per heavy atom. The van der Waals surface area contributed by atoms with E-state index in [-0.39, 0.29) is 0 Å². The highest BCUT2D eigenvalue weighted by Gasteiger charge is 2.12. The number of benzene rings is 1. The molecule has 148 valence electrons. The van der Waals surface area contributed by atoms with Crippen LogP contribution in [0, 0.1) is 20.8 Å². The van der Waals surface area contributed by atoms with Crippen LogP contribution in [0.4, 0.5) is 0 Å². The zero-order valence-corrected chi connectivity index (χ0v) is 18.0. The summed E-state index contributed by atoms with van der Waals surface area (Å²) in [4.78, 5) is 12.5. The van der Waals surface area contributed by atoms with E-state index >= 15 is 0 Å². The molecule has 0 fully saturated rings. The molecule has 0 aliphatic rings. The minimum Gasteiger partial charge on any atom is -0.294 e. The van der Waals surface area contributed by atoms with Crippen molar-refractivity contribution in [2.75, 3.05) is 0 Å². The lowest BCUT2D eigenvalue weighted by molar-refractivity contribution is 0.0978. The summed E-state index contributed by atoms with van der Waals surface area (Å²) >= 11 is 0. The third-order valence-corrected chi connectivity index (χ3v) is 5.46. The molecule has 0 saturated carbocycles. The van der Waals surface area contributed by atoms with Gasteiger partial charge in [0.2, 0.25) is 0 Å². The Bertz CT molecular complexity index is 492. The Morgan fingerprint density at radius 2 is 1.04 bits per heavy atom. The number of hydrogen-bond acceptors (Lipinski definition) is 1. The van der Waals surface area contributed by atoms with Crippen molar-refractivity contribution >= 4 is 5.78 Å². The van der Waals surface area contributed by atoms with Gasteiger partial charge < -0.3 is 0 Å². The van der Waals surface area contributed by atoms with E-state index in [4.69, 9.17) is 0 Å². The van der Waals surface area contributed by atoms with Crippen LogP contribution in [0.3, 0.4) is 0 Å². The smallest absolute Gasteiger partial charge is 0.163 e. The molecule has 0 N–H and O–H groups in total. The zero-order chi connectivity index (χ0) is 19.2. The van der Waals surface area contributed by atoms with Gasteiger partial charge in [0.1, 0.15) is 0 Å². The molecule has 0 spiro atoms. The lowest BCUT2D eigenvalue weighted by atomic mass is 9.94. The molecular formula is C25H42O. The fourth-order valence-corrected chi connectivity index (χ4v) is 4.05. The number of aryl methyl sites for hydroxylation is 3. The normalized spacial score (nSPS) is 11.1. The highest BCUT2D eigenvalue weighted by atomic mass is 16.1. The van der Waals surface area contributed by atoms with Crippen LogP contribution in [0.15, 0.2) is 12.1 Å². The van der Waals surface area contributed by atoms with Crippen LogP contribution in [0.25, 0.3) is 0 Å². The standard InChI is InChI=1S/C25H42O/c1-5-6-7-8-9-10-11-12-13-14-15-16-17-18-24(26)25-22(3)19-21(2)20-23(25)4/h19-20H,5-18H2,1-4H3. The summed E-state index contributed by atoms with van der Waals surface area (Å²) in [6.45, 7) is 8.51. The Hall–Kier alpha value is -1.11. The number of carbonyl (C=O) groups is 1. The van der Waals surface area contributed by atoms with Gasteiger partial charge in [0.05, 0.1) is 0 Å². The van der Waals surface area contributed by atoms with Gasteiger partial charge in [0, 0.05) is 12.0 Å². The molecule has 1 aromatic rings. The molecule has 0 aromatic heterocycles. The number of unbranched alkanes of at least 4 members (excludes halogenated alkanes) is 12. The van der Waals surface area contributed by atoms with Crippen LogP contribution in [0.1, 0.15) is 124 Å². The number of carbonyl (C=O) groups excluding carboxylic acids is 1. The van der Waals surface area contributed by atoms with Crippen LogP contribution < -0.4 is 0 Å². The molecule has 1 rings (SSSR count). The predicted molar refractivity (Wildman–Crippen MR) is 115 cm³/mol. The Labute approximate surface area is 163 Å². The summed E-state index contributed by atoms with van der Waals surface area (Å²) in [5.41, 5.74) is 4.50. The molecule has 1 nitrogen and oxygen atoms in total. The molecular weight excluding hydrogens is 316 g/mol. The molecule has 1 heteroatoms. The molecule has 0 aliphatic heterocycles. The van der Waals surface area contributed by atoms with Crippen LogP contribution in [0.2, 0.25) is 0 Å². The number of rotatable bonds is 15. The minimum absolute atomic E-state index is 0.336. The quantitative estimate of drug-likeness (QED) is 0.228. The monoisotopic (exact) mass is 358 g/mol. The van der Waals surface area contributed by atoms with Crippen LogP contribution in [-0.2, 0) is 0 Å². The van der Waals surface area contributed by atoms with Crippen molar-refractivity contribution in [1.82, 2.24) is 0 Å². The van der Waals surface area contributed by atoms with Gasteiger partial charge in [0.25, 0.3) is 0 Å². The highest BCUT2D eigenvalue weighted by Crippen LogP contribution is 2.20. The van der Waals surface area contributed by atoms with E-state index in [1.54, 1.807) is 0 Å². The van der Waals surface area contributed by atoms with E-state index in [0.717, 1.165) is 23.1 Å². The average Bonchev–Trinajstić information content (AvgIpc) is 2.58. The van der Waals surface area contributed by atoms with Crippen LogP contribution in [-0.4, -0.2) is 5.78 Å². The first kappa shape index (κ1) is 22.9. The number of Topliss-reactive ketones (excluding diaryl/α,β-unsaturated/α-hetero) is 1.